The number of rotatable bonds is 4. The van der Waals surface area contributed by atoms with Crippen LogP contribution < -0.4 is 5.73 Å². The van der Waals surface area contributed by atoms with Crippen molar-refractivity contribution in [1.82, 2.24) is 0 Å². The van der Waals surface area contributed by atoms with Gasteiger partial charge < -0.3 is 15.2 Å². The molecule has 2 rings (SSSR count). The molecule has 3 nitrogen and oxygen atoms in total. The van der Waals surface area contributed by atoms with Crippen molar-refractivity contribution in [3.8, 4) is 0 Å². The summed E-state index contributed by atoms with van der Waals surface area (Å²) in [6.45, 7) is 6.37. The van der Waals surface area contributed by atoms with Crippen molar-refractivity contribution in [2.24, 2.45) is 5.73 Å². The minimum Gasteiger partial charge on any atom is -0.376 e. The molecule has 0 amide bonds. The molecule has 2 atom stereocenters. The van der Waals surface area contributed by atoms with Gasteiger partial charge in [0.05, 0.1) is 25.9 Å². The molecule has 0 bridgehead atoms. The number of hydrogen-bond donors (Lipinski definition) is 1. The first-order chi connectivity index (χ1) is 8.66. The Hall–Kier alpha value is -0.900. The first-order valence-electron chi connectivity index (χ1n) is 6.70. The number of benzene rings is 1. The molecule has 100 valence electrons. The van der Waals surface area contributed by atoms with Crippen LogP contribution in [-0.4, -0.2) is 32.0 Å². The Balaban J connectivity index is 1.91. The minimum absolute atomic E-state index is 0.00944. The summed E-state index contributed by atoms with van der Waals surface area (Å²) in [6, 6.07) is 8.71. The summed E-state index contributed by atoms with van der Waals surface area (Å²) in [5.74, 6) is 0.572. The lowest BCUT2D eigenvalue weighted by molar-refractivity contribution is -0.0967. The van der Waals surface area contributed by atoms with Gasteiger partial charge in [-0.2, -0.15) is 0 Å². The van der Waals surface area contributed by atoms with Gasteiger partial charge in [0.1, 0.15) is 0 Å². The Morgan fingerprint density at radius 1 is 1.22 bits per heavy atom. The second-order valence-corrected chi connectivity index (χ2v) is 5.25. The van der Waals surface area contributed by atoms with Crippen molar-refractivity contribution in [2.45, 2.75) is 38.3 Å². The van der Waals surface area contributed by atoms with E-state index in [-0.39, 0.29) is 12.1 Å². The average Bonchev–Trinajstić information content (AvgIpc) is 2.40. The maximum absolute atomic E-state index is 6.17. The van der Waals surface area contributed by atoms with Gasteiger partial charge in [0.2, 0.25) is 0 Å². The van der Waals surface area contributed by atoms with Crippen molar-refractivity contribution in [1.29, 1.82) is 0 Å². The van der Waals surface area contributed by atoms with E-state index in [2.05, 4.69) is 38.1 Å². The molecule has 0 spiro atoms. The Labute approximate surface area is 109 Å². The van der Waals surface area contributed by atoms with Gasteiger partial charge in [-0.25, -0.2) is 0 Å². The normalized spacial score (nSPS) is 22.1. The smallest absolute Gasteiger partial charge is 0.0963 e. The van der Waals surface area contributed by atoms with Crippen LogP contribution in [0.1, 0.15) is 30.9 Å². The van der Waals surface area contributed by atoms with E-state index in [1.807, 2.05) is 0 Å². The second-order valence-electron chi connectivity index (χ2n) is 5.25. The maximum atomic E-state index is 6.17. The summed E-state index contributed by atoms with van der Waals surface area (Å²) in [6.07, 6.45) is 0.871. The summed E-state index contributed by atoms with van der Waals surface area (Å²) < 4.78 is 11.0. The van der Waals surface area contributed by atoms with Crippen LogP contribution in [0, 0.1) is 0 Å². The molecule has 3 heteroatoms. The third-order valence-corrected chi connectivity index (χ3v) is 3.44. The van der Waals surface area contributed by atoms with Gasteiger partial charge in [-0.15, -0.1) is 0 Å². The monoisotopic (exact) mass is 249 g/mol. The van der Waals surface area contributed by atoms with Crippen LogP contribution in [0.2, 0.25) is 0 Å². The molecule has 0 aliphatic carbocycles. The molecule has 2 N–H and O–H groups in total. The van der Waals surface area contributed by atoms with E-state index in [0.717, 1.165) is 6.42 Å². The highest BCUT2D eigenvalue weighted by Gasteiger charge is 2.22. The molecule has 0 aromatic heterocycles. The summed E-state index contributed by atoms with van der Waals surface area (Å²) in [4.78, 5) is 0. The van der Waals surface area contributed by atoms with Crippen molar-refractivity contribution < 1.29 is 9.47 Å². The van der Waals surface area contributed by atoms with Crippen molar-refractivity contribution >= 4 is 0 Å². The molecule has 1 heterocycles. The van der Waals surface area contributed by atoms with Crippen molar-refractivity contribution in [3.05, 3.63) is 35.4 Å². The molecule has 18 heavy (non-hydrogen) atoms. The van der Waals surface area contributed by atoms with Crippen LogP contribution >= 0.6 is 0 Å². The van der Waals surface area contributed by atoms with Crippen LogP contribution in [0.15, 0.2) is 24.3 Å². The number of nitrogens with two attached hydrogens (primary N) is 1. The third kappa shape index (κ3) is 3.55. The predicted octanol–water partition coefficient (Wildman–Crippen LogP) is 2.10. The molecule has 1 aliphatic rings. The largest absolute Gasteiger partial charge is 0.376 e. The van der Waals surface area contributed by atoms with E-state index in [1.54, 1.807) is 0 Å². The topological polar surface area (TPSA) is 44.5 Å². The fraction of sp³-hybridized carbons (Fsp3) is 0.600. The molecular formula is C15H23NO2. The fourth-order valence-electron chi connectivity index (χ4n) is 2.20. The number of hydrogen-bond acceptors (Lipinski definition) is 3. The first-order valence-corrected chi connectivity index (χ1v) is 6.70. The molecule has 1 saturated heterocycles. The Bertz CT molecular complexity index is 355. The molecular weight excluding hydrogens is 226 g/mol. The highest BCUT2D eigenvalue weighted by atomic mass is 16.6. The lowest BCUT2D eigenvalue weighted by Gasteiger charge is -2.28. The molecule has 1 aliphatic heterocycles. The Morgan fingerprint density at radius 3 is 2.50 bits per heavy atom. The van der Waals surface area contributed by atoms with E-state index in [4.69, 9.17) is 15.2 Å². The van der Waals surface area contributed by atoms with E-state index in [9.17, 15) is 0 Å². The standard InChI is InChI=1S/C15H23NO2/c1-11(2)13-5-3-12(4-6-13)9-14(16)15-10-17-7-8-18-15/h3-6,11,14-15H,7-10,16H2,1-2H3. The van der Waals surface area contributed by atoms with Gasteiger partial charge in [0.25, 0.3) is 0 Å². The molecule has 1 aromatic carbocycles. The van der Waals surface area contributed by atoms with Crippen LogP contribution in [0.4, 0.5) is 0 Å². The molecule has 1 aromatic rings. The highest BCUT2D eigenvalue weighted by molar-refractivity contribution is 5.25. The quantitative estimate of drug-likeness (QED) is 0.888. The molecule has 0 saturated carbocycles. The number of ether oxygens (including phenoxy) is 2. The van der Waals surface area contributed by atoms with Gasteiger partial charge in [-0.1, -0.05) is 38.1 Å². The predicted molar refractivity (Wildman–Crippen MR) is 72.8 cm³/mol. The van der Waals surface area contributed by atoms with E-state index in [0.29, 0.717) is 25.7 Å². The zero-order valence-electron chi connectivity index (χ0n) is 11.3. The van der Waals surface area contributed by atoms with Gasteiger partial charge in [0, 0.05) is 6.04 Å². The first kappa shape index (κ1) is 13.5. The molecule has 2 unspecified atom stereocenters. The van der Waals surface area contributed by atoms with Gasteiger partial charge >= 0.3 is 0 Å². The summed E-state index contributed by atoms with van der Waals surface area (Å²) in [5.41, 5.74) is 8.80. The van der Waals surface area contributed by atoms with Crippen molar-refractivity contribution in [3.63, 3.8) is 0 Å². The van der Waals surface area contributed by atoms with Gasteiger partial charge in [-0.3, -0.25) is 0 Å². The van der Waals surface area contributed by atoms with Gasteiger partial charge in [-0.05, 0) is 23.5 Å². The SMILES string of the molecule is CC(C)c1ccc(CC(N)C2COCCO2)cc1. The van der Waals surface area contributed by atoms with E-state index in [1.165, 1.54) is 11.1 Å². The average molecular weight is 249 g/mol. The molecule has 1 fully saturated rings. The Kier molecular flexibility index (Phi) is 4.75. The zero-order chi connectivity index (χ0) is 13.0. The van der Waals surface area contributed by atoms with Crippen LogP contribution in [-0.2, 0) is 15.9 Å². The third-order valence-electron chi connectivity index (χ3n) is 3.44. The fourth-order valence-corrected chi connectivity index (χ4v) is 2.20. The summed E-state index contributed by atoms with van der Waals surface area (Å²) in [5, 5.41) is 0. The lowest BCUT2D eigenvalue weighted by Crippen LogP contribution is -2.44. The summed E-state index contributed by atoms with van der Waals surface area (Å²) >= 11 is 0. The van der Waals surface area contributed by atoms with Crippen LogP contribution in [0.5, 0.6) is 0 Å². The molecule has 0 radical (unpaired) electrons. The second kappa shape index (κ2) is 6.32. The zero-order valence-corrected chi connectivity index (χ0v) is 11.3. The van der Waals surface area contributed by atoms with E-state index < -0.39 is 0 Å². The van der Waals surface area contributed by atoms with Crippen LogP contribution in [0.3, 0.4) is 0 Å². The van der Waals surface area contributed by atoms with Crippen LogP contribution in [0.25, 0.3) is 0 Å². The highest BCUT2D eigenvalue weighted by Crippen LogP contribution is 2.16. The van der Waals surface area contributed by atoms with Gasteiger partial charge in [0.15, 0.2) is 0 Å². The Morgan fingerprint density at radius 2 is 1.94 bits per heavy atom. The maximum Gasteiger partial charge on any atom is 0.0963 e. The van der Waals surface area contributed by atoms with E-state index >= 15 is 0 Å². The van der Waals surface area contributed by atoms with Crippen molar-refractivity contribution in [2.75, 3.05) is 19.8 Å². The minimum atomic E-state index is 0.00944. The summed E-state index contributed by atoms with van der Waals surface area (Å²) in [7, 11) is 0. The lowest BCUT2D eigenvalue weighted by atomic mass is 9.97.